The zero-order valence-corrected chi connectivity index (χ0v) is 19.0. The minimum Gasteiger partial charge on any atom is -0.497 e. The molecule has 0 aromatic heterocycles. The number of ether oxygens (including phenoxy) is 1. The van der Waals surface area contributed by atoms with Gasteiger partial charge < -0.3 is 19.4 Å². The number of hydrogen-bond donors (Lipinski definition) is 0. The standard InChI is InChI=1S/C25H29N3O4/c1-17-12-20(32-4)10-11-21(17)23(30)28-14-19-13-27(22(29)18-8-6-5-7-9-18)15-25(19,16-28)24(31)26(2)3/h5-12,19H,13-16H2,1-4H3/t19-,25-/m0/s1. The Labute approximate surface area is 188 Å². The third-order valence-corrected chi connectivity index (χ3v) is 6.70. The number of aryl methyl sites for hydroxylation is 1. The van der Waals surface area contributed by atoms with E-state index in [4.69, 9.17) is 4.74 Å². The molecule has 0 saturated carbocycles. The molecule has 0 bridgehead atoms. The minimum absolute atomic E-state index is 0.0346. The van der Waals surface area contributed by atoms with Crippen molar-refractivity contribution in [3.63, 3.8) is 0 Å². The van der Waals surface area contributed by atoms with Crippen molar-refractivity contribution in [3.8, 4) is 5.75 Å². The van der Waals surface area contributed by atoms with E-state index in [1.165, 1.54) is 0 Å². The normalized spacial score (nSPS) is 21.9. The molecule has 2 atom stereocenters. The largest absolute Gasteiger partial charge is 0.497 e. The molecule has 3 amide bonds. The lowest BCUT2D eigenvalue weighted by atomic mass is 9.79. The number of benzene rings is 2. The van der Waals surface area contributed by atoms with Crippen LogP contribution in [0.15, 0.2) is 48.5 Å². The second-order valence-corrected chi connectivity index (χ2v) is 8.97. The van der Waals surface area contributed by atoms with E-state index < -0.39 is 5.41 Å². The Morgan fingerprint density at radius 3 is 2.16 bits per heavy atom. The molecule has 0 aliphatic carbocycles. The molecule has 2 aliphatic rings. The van der Waals surface area contributed by atoms with Crippen LogP contribution in [0.3, 0.4) is 0 Å². The number of amides is 3. The van der Waals surface area contributed by atoms with Crippen LogP contribution < -0.4 is 4.74 Å². The molecule has 2 aromatic carbocycles. The summed E-state index contributed by atoms with van der Waals surface area (Å²) in [7, 11) is 5.05. The lowest BCUT2D eigenvalue weighted by molar-refractivity contribution is -0.139. The first-order valence-corrected chi connectivity index (χ1v) is 10.8. The summed E-state index contributed by atoms with van der Waals surface area (Å²) in [6.45, 7) is 3.40. The Bertz CT molecular complexity index is 1050. The summed E-state index contributed by atoms with van der Waals surface area (Å²) < 4.78 is 5.25. The monoisotopic (exact) mass is 435 g/mol. The molecule has 0 N–H and O–H groups in total. The highest BCUT2D eigenvalue weighted by atomic mass is 16.5. The van der Waals surface area contributed by atoms with Gasteiger partial charge in [0.15, 0.2) is 0 Å². The summed E-state index contributed by atoms with van der Waals surface area (Å²) in [5.41, 5.74) is 1.27. The van der Waals surface area contributed by atoms with E-state index in [2.05, 4.69) is 0 Å². The molecule has 2 saturated heterocycles. The zero-order valence-electron chi connectivity index (χ0n) is 19.0. The molecular formula is C25H29N3O4. The number of likely N-dealkylation sites (tertiary alicyclic amines) is 2. The lowest BCUT2D eigenvalue weighted by Gasteiger charge is -2.31. The van der Waals surface area contributed by atoms with Gasteiger partial charge in [-0.2, -0.15) is 0 Å². The molecule has 168 valence electrons. The molecule has 2 heterocycles. The van der Waals surface area contributed by atoms with E-state index in [1.54, 1.807) is 60.2 Å². The number of carbonyl (C=O) groups excluding carboxylic acids is 3. The molecule has 7 heteroatoms. The Morgan fingerprint density at radius 1 is 0.969 bits per heavy atom. The van der Waals surface area contributed by atoms with Gasteiger partial charge in [-0.3, -0.25) is 14.4 Å². The van der Waals surface area contributed by atoms with Crippen molar-refractivity contribution in [2.45, 2.75) is 6.92 Å². The van der Waals surface area contributed by atoms with Crippen LogP contribution in [0.2, 0.25) is 0 Å². The van der Waals surface area contributed by atoms with Crippen molar-refractivity contribution in [2.75, 3.05) is 47.4 Å². The summed E-state index contributed by atoms with van der Waals surface area (Å²) in [4.78, 5) is 44.9. The summed E-state index contributed by atoms with van der Waals surface area (Å²) in [5.74, 6) is 0.396. The summed E-state index contributed by atoms with van der Waals surface area (Å²) in [6, 6.07) is 14.5. The first kappa shape index (κ1) is 21.9. The van der Waals surface area contributed by atoms with E-state index in [-0.39, 0.29) is 23.6 Å². The van der Waals surface area contributed by atoms with Crippen molar-refractivity contribution >= 4 is 17.7 Å². The molecule has 2 aliphatic heterocycles. The topological polar surface area (TPSA) is 70.2 Å². The van der Waals surface area contributed by atoms with Crippen LogP contribution in [-0.2, 0) is 4.79 Å². The third-order valence-electron chi connectivity index (χ3n) is 6.70. The molecule has 32 heavy (non-hydrogen) atoms. The van der Waals surface area contributed by atoms with Gasteiger partial charge in [0.2, 0.25) is 5.91 Å². The average Bonchev–Trinajstić information content (AvgIpc) is 3.33. The molecule has 2 aromatic rings. The highest BCUT2D eigenvalue weighted by molar-refractivity contribution is 5.98. The fourth-order valence-electron chi connectivity index (χ4n) is 5.06. The van der Waals surface area contributed by atoms with Crippen LogP contribution in [-0.4, -0.2) is 79.8 Å². The van der Waals surface area contributed by atoms with Crippen molar-refractivity contribution in [1.29, 1.82) is 0 Å². The molecule has 0 unspecified atom stereocenters. The van der Waals surface area contributed by atoms with Gasteiger partial charge in [0.05, 0.1) is 12.5 Å². The molecule has 2 fully saturated rings. The first-order chi connectivity index (χ1) is 15.3. The fraction of sp³-hybridized carbons (Fsp3) is 0.400. The van der Waals surface area contributed by atoms with E-state index >= 15 is 0 Å². The number of methoxy groups -OCH3 is 1. The third kappa shape index (κ3) is 3.61. The van der Waals surface area contributed by atoms with Crippen LogP contribution in [0.1, 0.15) is 26.3 Å². The Morgan fingerprint density at radius 2 is 1.59 bits per heavy atom. The second-order valence-electron chi connectivity index (χ2n) is 8.97. The van der Waals surface area contributed by atoms with Crippen LogP contribution in [0, 0.1) is 18.3 Å². The first-order valence-electron chi connectivity index (χ1n) is 10.8. The number of rotatable bonds is 4. The van der Waals surface area contributed by atoms with E-state index in [9.17, 15) is 14.4 Å². The van der Waals surface area contributed by atoms with Crippen LogP contribution >= 0.6 is 0 Å². The second kappa shape index (κ2) is 8.30. The number of nitrogens with zero attached hydrogens (tertiary/aromatic N) is 3. The lowest BCUT2D eigenvalue weighted by Crippen LogP contribution is -2.48. The minimum atomic E-state index is -0.788. The van der Waals surface area contributed by atoms with Crippen molar-refractivity contribution in [2.24, 2.45) is 11.3 Å². The van der Waals surface area contributed by atoms with Crippen LogP contribution in [0.5, 0.6) is 5.75 Å². The van der Waals surface area contributed by atoms with Gasteiger partial charge in [-0.25, -0.2) is 0 Å². The quantitative estimate of drug-likeness (QED) is 0.739. The predicted molar refractivity (Wildman–Crippen MR) is 121 cm³/mol. The van der Waals surface area contributed by atoms with Gasteiger partial charge in [-0.15, -0.1) is 0 Å². The van der Waals surface area contributed by atoms with Gasteiger partial charge in [-0.05, 0) is 42.8 Å². The van der Waals surface area contributed by atoms with E-state index in [0.717, 1.165) is 5.56 Å². The SMILES string of the molecule is COc1ccc(C(=O)N2C[C@@H]3CN(C(=O)c4ccccc4)C[C@]3(C(=O)N(C)C)C2)c(C)c1. The van der Waals surface area contributed by atoms with Gasteiger partial charge in [0.1, 0.15) is 5.75 Å². The number of fused-ring (bicyclic) bond motifs is 1. The van der Waals surface area contributed by atoms with Gasteiger partial charge in [0.25, 0.3) is 11.8 Å². The van der Waals surface area contributed by atoms with E-state index in [1.807, 2.05) is 31.2 Å². The Hall–Kier alpha value is -3.35. The molecule has 7 nitrogen and oxygen atoms in total. The van der Waals surface area contributed by atoms with Crippen molar-refractivity contribution < 1.29 is 19.1 Å². The maximum atomic E-state index is 13.3. The molecule has 0 radical (unpaired) electrons. The maximum Gasteiger partial charge on any atom is 0.254 e. The molecule has 0 spiro atoms. The summed E-state index contributed by atoms with van der Waals surface area (Å²) in [6.07, 6.45) is 0. The summed E-state index contributed by atoms with van der Waals surface area (Å²) in [5, 5.41) is 0. The smallest absolute Gasteiger partial charge is 0.254 e. The number of hydrogen-bond acceptors (Lipinski definition) is 4. The molecular weight excluding hydrogens is 406 g/mol. The van der Waals surface area contributed by atoms with Crippen molar-refractivity contribution in [3.05, 3.63) is 65.2 Å². The fourth-order valence-corrected chi connectivity index (χ4v) is 5.06. The van der Waals surface area contributed by atoms with Crippen molar-refractivity contribution in [1.82, 2.24) is 14.7 Å². The van der Waals surface area contributed by atoms with E-state index in [0.29, 0.717) is 43.1 Å². The van der Waals surface area contributed by atoms with Crippen LogP contribution in [0.4, 0.5) is 0 Å². The average molecular weight is 436 g/mol. The van der Waals surface area contributed by atoms with Crippen LogP contribution in [0.25, 0.3) is 0 Å². The summed E-state index contributed by atoms with van der Waals surface area (Å²) >= 11 is 0. The van der Waals surface area contributed by atoms with Gasteiger partial charge >= 0.3 is 0 Å². The highest BCUT2D eigenvalue weighted by Crippen LogP contribution is 2.44. The zero-order chi connectivity index (χ0) is 23.0. The van der Waals surface area contributed by atoms with Gasteiger partial charge in [-0.1, -0.05) is 18.2 Å². The number of carbonyl (C=O) groups is 3. The highest BCUT2D eigenvalue weighted by Gasteiger charge is 2.59. The predicted octanol–water partition coefficient (Wildman–Crippen LogP) is 2.31. The maximum absolute atomic E-state index is 13.3. The molecule has 4 rings (SSSR count). The Balaban J connectivity index is 1.59. The van der Waals surface area contributed by atoms with Gasteiger partial charge in [0, 0.05) is 57.3 Å². The Kier molecular flexibility index (Phi) is 5.67.